The number of unbranched alkanes of at least 4 members (excludes halogenated alkanes) is 7. The van der Waals surface area contributed by atoms with Crippen molar-refractivity contribution in [2.45, 2.75) is 77.7 Å². The van der Waals surface area contributed by atoms with Crippen LogP contribution in [0.25, 0.3) is 0 Å². The van der Waals surface area contributed by atoms with Gasteiger partial charge in [0.15, 0.2) is 0 Å². The van der Waals surface area contributed by atoms with Crippen LogP contribution in [0, 0.1) is 0 Å². The Balaban J connectivity index is 3.11. The monoisotopic (exact) mass is 362 g/mol. The molecule has 152 valence electrons. The summed E-state index contributed by atoms with van der Waals surface area (Å²) in [6.45, 7) is 8.30. The average Bonchev–Trinajstić information content (AvgIpc) is 2.62. The van der Waals surface area contributed by atoms with Crippen LogP contribution >= 0.6 is 0 Å². The van der Waals surface area contributed by atoms with E-state index in [9.17, 15) is 0 Å². The summed E-state index contributed by atoms with van der Waals surface area (Å²) in [5, 5.41) is 8.54. The Labute approximate surface area is 155 Å². The molecule has 0 saturated carbocycles. The summed E-state index contributed by atoms with van der Waals surface area (Å²) in [6.07, 6.45) is 12.3. The van der Waals surface area contributed by atoms with Crippen LogP contribution in [0.15, 0.2) is 0 Å². The van der Waals surface area contributed by atoms with Crippen LogP contribution in [0.3, 0.4) is 0 Å². The molecule has 1 atom stereocenters. The molecule has 5 heteroatoms. The van der Waals surface area contributed by atoms with Crippen LogP contribution < -0.4 is 0 Å². The second-order valence-corrected chi connectivity index (χ2v) is 6.51. The molecule has 0 radical (unpaired) electrons. The Hall–Kier alpha value is -0.200. The fraction of sp³-hybridized carbons (Fsp3) is 1.00. The summed E-state index contributed by atoms with van der Waals surface area (Å²) in [4.78, 5) is 0. The van der Waals surface area contributed by atoms with E-state index in [1.165, 1.54) is 51.4 Å². The molecule has 0 aliphatic heterocycles. The molecule has 0 aromatic carbocycles. The molecule has 0 rings (SSSR count). The van der Waals surface area contributed by atoms with Crippen molar-refractivity contribution in [2.75, 3.05) is 52.9 Å². The van der Waals surface area contributed by atoms with Crippen molar-refractivity contribution in [3.63, 3.8) is 0 Å². The van der Waals surface area contributed by atoms with E-state index in [1.807, 2.05) is 0 Å². The third-order valence-electron chi connectivity index (χ3n) is 4.07. The van der Waals surface area contributed by atoms with Gasteiger partial charge in [0.1, 0.15) is 0 Å². The highest BCUT2D eigenvalue weighted by Crippen LogP contribution is 2.11. The van der Waals surface area contributed by atoms with E-state index in [1.54, 1.807) is 0 Å². The summed E-state index contributed by atoms with van der Waals surface area (Å²) in [7, 11) is 0. The third-order valence-corrected chi connectivity index (χ3v) is 4.07. The molecule has 0 saturated heterocycles. The zero-order valence-electron chi connectivity index (χ0n) is 16.7. The maximum Gasteiger partial charge on any atom is 0.0704 e. The minimum absolute atomic E-state index is 0.0561. The molecule has 0 aromatic rings. The molecule has 1 unspecified atom stereocenters. The molecule has 0 amide bonds. The number of aliphatic hydroxyl groups excluding tert-OH is 1. The van der Waals surface area contributed by atoms with Crippen LogP contribution in [-0.2, 0) is 18.9 Å². The average molecular weight is 363 g/mol. The highest BCUT2D eigenvalue weighted by atomic mass is 16.6. The zero-order chi connectivity index (χ0) is 18.4. The predicted octanol–water partition coefficient (Wildman–Crippen LogP) is 3.96. The summed E-state index contributed by atoms with van der Waals surface area (Å²) in [6, 6.07) is 0. The Morgan fingerprint density at radius 3 is 1.68 bits per heavy atom. The molecular weight excluding hydrogens is 320 g/mol. The maximum atomic E-state index is 8.54. The summed E-state index contributed by atoms with van der Waals surface area (Å²) >= 11 is 0. The van der Waals surface area contributed by atoms with Gasteiger partial charge in [-0.15, -0.1) is 0 Å². The van der Waals surface area contributed by atoms with Crippen LogP contribution in [0.4, 0.5) is 0 Å². The highest BCUT2D eigenvalue weighted by molar-refractivity contribution is 4.52. The van der Waals surface area contributed by atoms with Crippen molar-refractivity contribution in [2.24, 2.45) is 0 Å². The zero-order valence-corrected chi connectivity index (χ0v) is 16.7. The number of aliphatic hydroxyl groups is 1. The fourth-order valence-electron chi connectivity index (χ4n) is 2.56. The molecule has 0 heterocycles. The SMILES string of the molecule is CCCCCCCCCCC(C)OCCOCCOCCOCCO. The number of hydrogen-bond acceptors (Lipinski definition) is 5. The summed E-state index contributed by atoms with van der Waals surface area (Å²) < 4.78 is 21.7. The molecule has 25 heavy (non-hydrogen) atoms. The molecule has 1 N–H and O–H groups in total. The molecule has 0 aromatic heterocycles. The van der Waals surface area contributed by atoms with Gasteiger partial charge in [-0.05, 0) is 13.3 Å². The van der Waals surface area contributed by atoms with Gasteiger partial charge >= 0.3 is 0 Å². The second kappa shape index (κ2) is 21.8. The minimum Gasteiger partial charge on any atom is -0.394 e. The largest absolute Gasteiger partial charge is 0.394 e. The van der Waals surface area contributed by atoms with Gasteiger partial charge in [-0.3, -0.25) is 0 Å². The van der Waals surface area contributed by atoms with E-state index in [2.05, 4.69) is 13.8 Å². The normalized spacial score (nSPS) is 12.6. The lowest BCUT2D eigenvalue weighted by molar-refractivity contribution is -0.0185. The van der Waals surface area contributed by atoms with Crippen molar-refractivity contribution in [3.8, 4) is 0 Å². The quantitative estimate of drug-likeness (QED) is 0.313. The van der Waals surface area contributed by atoms with Crippen molar-refractivity contribution in [3.05, 3.63) is 0 Å². The van der Waals surface area contributed by atoms with Crippen molar-refractivity contribution < 1.29 is 24.1 Å². The first-order valence-corrected chi connectivity index (χ1v) is 10.3. The topological polar surface area (TPSA) is 57.2 Å². The van der Waals surface area contributed by atoms with E-state index in [4.69, 9.17) is 24.1 Å². The second-order valence-electron chi connectivity index (χ2n) is 6.51. The number of rotatable bonds is 21. The molecule has 5 nitrogen and oxygen atoms in total. The first kappa shape index (κ1) is 24.8. The Morgan fingerprint density at radius 1 is 0.640 bits per heavy atom. The van der Waals surface area contributed by atoms with Gasteiger partial charge in [-0.2, -0.15) is 0 Å². The van der Waals surface area contributed by atoms with Gasteiger partial charge in [0, 0.05) is 0 Å². The van der Waals surface area contributed by atoms with Crippen LogP contribution in [0.2, 0.25) is 0 Å². The lowest BCUT2D eigenvalue weighted by Crippen LogP contribution is -2.15. The first-order valence-electron chi connectivity index (χ1n) is 10.3. The standard InChI is InChI=1S/C20H42O5/c1-3-4-5-6-7-8-9-10-11-20(2)25-19-18-24-17-16-23-15-14-22-13-12-21/h20-21H,3-19H2,1-2H3. The minimum atomic E-state index is 0.0561. The van der Waals surface area contributed by atoms with E-state index < -0.39 is 0 Å². The lowest BCUT2D eigenvalue weighted by atomic mass is 10.1. The maximum absolute atomic E-state index is 8.54. The van der Waals surface area contributed by atoms with Crippen LogP contribution in [0.5, 0.6) is 0 Å². The predicted molar refractivity (Wildman–Crippen MR) is 102 cm³/mol. The molecule has 0 aliphatic carbocycles. The van der Waals surface area contributed by atoms with Crippen LogP contribution in [-0.4, -0.2) is 64.1 Å². The molecule has 0 spiro atoms. The summed E-state index contributed by atoms with van der Waals surface area (Å²) in [5.41, 5.74) is 0. The van der Waals surface area contributed by atoms with E-state index >= 15 is 0 Å². The van der Waals surface area contributed by atoms with Gasteiger partial charge < -0.3 is 24.1 Å². The van der Waals surface area contributed by atoms with Gasteiger partial charge in [0.05, 0.1) is 59.0 Å². The third kappa shape index (κ3) is 21.8. The molecule has 0 bridgehead atoms. The van der Waals surface area contributed by atoms with Crippen molar-refractivity contribution in [1.82, 2.24) is 0 Å². The van der Waals surface area contributed by atoms with Crippen molar-refractivity contribution in [1.29, 1.82) is 0 Å². The fourth-order valence-corrected chi connectivity index (χ4v) is 2.56. The number of hydrogen-bond donors (Lipinski definition) is 1. The van der Waals surface area contributed by atoms with E-state index in [0.29, 0.717) is 52.4 Å². The van der Waals surface area contributed by atoms with Crippen LogP contribution in [0.1, 0.15) is 71.6 Å². The molecule has 0 aliphatic rings. The molecular formula is C20H42O5. The van der Waals surface area contributed by atoms with Gasteiger partial charge in [-0.1, -0.05) is 58.3 Å². The van der Waals surface area contributed by atoms with E-state index in [-0.39, 0.29) is 6.61 Å². The lowest BCUT2D eigenvalue weighted by Gasteiger charge is -2.13. The van der Waals surface area contributed by atoms with E-state index in [0.717, 1.165) is 6.42 Å². The smallest absolute Gasteiger partial charge is 0.0704 e. The Morgan fingerprint density at radius 2 is 1.12 bits per heavy atom. The van der Waals surface area contributed by atoms with Gasteiger partial charge in [0.2, 0.25) is 0 Å². The molecule has 0 fully saturated rings. The summed E-state index contributed by atoms with van der Waals surface area (Å²) in [5.74, 6) is 0. The number of ether oxygens (including phenoxy) is 4. The Bertz CT molecular complexity index is 238. The van der Waals surface area contributed by atoms with Gasteiger partial charge in [0.25, 0.3) is 0 Å². The highest BCUT2D eigenvalue weighted by Gasteiger charge is 2.02. The Kier molecular flexibility index (Phi) is 21.7. The van der Waals surface area contributed by atoms with Crippen molar-refractivity contribution >= 4 is 0 Å². The van der Waals surface area contributed by atoms with Gasteiger partial charge in [-0.25, -0.2) is 0 Å². The first-order chi connectivity index (χ1) is 12.3.